The van der Waals surface area contributed by atoms with Crippen molar-refractivity contribution in [3.8, 4) is 0 Å². The number of carbonyl (C=O) groups excluding carboxylic acids is 2. The van der Waals surface area contributed by atoms with E-state index in [1.807, 2.05) is 0 Å². The van der Waals surface area contributed by atoms with Crippen LogP contribution in [0.3, 0.4) is 0 Å². The first-order valence-corrected chi connectivity index (χ1v) is 3.89. The summed E-state index contributed by atoms with van der Waals surface area (Å²) in [4.78, 5) is 22.9. The molecule has 0 aliphatic carbocycles. The van der Waals surface area contributed by atoms with Crippen molar-refractivity contribution < 1.29 is 9.59 Å². The summed E-state index contributed by atoms with van der Waals surface area (Å²) in [5.41, 5.74) is 0. The number of hydrogen-bond acceptors (Lipinski definition) is 3. The monoisotopic (exact) mass is 155 g/mol. The molecule has 0 heterocycles. The minimum Gasteiger partial charge on any atom is -0.303 e. The zero-order valence-corrected chi connectivity index (χ0v) is 6.58. The van der Waals surface area contributed by atoms with E-state index in [0.717, 1.165) is 32.0 Å². The molecule has 0 aromatic heterocycles. The molecule has 0 aliphatic rings. The van der Waals surface area contributed by atoms with Gasteiger partial charge in [-0.1, -0.05) is 12.8 Å². The lowest BCUT2D eigenvalue weighted by molar-refractivity contribution is -0.107. The van der Waals surface area contributed by atoms with E-state index < -0.39 is 0 Å². The molecular weight excluding hydrogens is 142 g/mol. The molecule has 3 heteroatoms. The van der Waals surface area contributed by atoms with Crippen LogP contribution in [0.15, 0.2) is 4.99 Å². The Morgan fingerprint density at radius 1 is 1.18 bits per heavy atom. The number of rotatable bonds is 7. The van der Waals surface area contributed by atoms with Gasteiger partial charge in [0.05, 0.1) is 6.54 Å². The van der Waals surface area contributed by atoms with Crippen molar-refractivity contribution in [2.75, 3.05) is 6.54 Å². The van der Waals surface area contributed by atoms with Crippen LogP contribution in [0.1, 0.15) is 32.1 Å². The summed E-state index contributed by atoms with van der Waals surface area (Å²) in [5.74, 6) is 0. The average Bonchev–Trinajstić information content (AvgIpc) is 2.03. The number of nitrogens with zero attached hydrogens (tertiary/aromatic N) is 1. The topological polar surface area (TPSA) is 46.5 Å². The molecule has 0 saturated carbocycles. The van der Waals surface area contributed by atoms with Crippen molar-refractivity contribution in [2.24, 2.45) is 4.99 Å². The number of unbranched alkanes of at least 4 members (excludes halogenated alkanes) is 4. The van der Waals surface area contributed by atoms with E-state index in [2.05, 4.69) is 4.99 Å². The first-order chi connectivity index (χ1) is 5.41. The van der Waals surface area contributed by atoms with Crippen molar-refractivity contribution >= 4 is 12.4 Å². The Kier molecular flexibility index (Phi) is 8.27. The lowest BCUT2D eigenvalue weighted by Crippen LogP contribution is -1.82. The number of carbonyl (C=O) groups is 1. The van der Waals surface area contributed by atoms with Gasteiger partial charge in [0.25, 0.3) is 0 Å². The molecule has 0 aromatic rings. The Morgan fingerprint density at radius 3 is 2.55 bits per heavy atom. The van der Waals surface area contributed by atoms with Gasteiger partial charge in [-0.15, -0.1) is 0 Å². The van der Waals surface area contributed by atoms with Crippen LogP contribution in [-0.4, -0.2) is 18.9 Å². The lowest BCUT2D eigenvalue weighted by atomic mass is 10.1. The second-order valence-corrected chi connectivity index (χ2v) is 2.34. The molecule has 0 aliphatic heterocycles. The summed E-state index contributed by atoms with van der Waals surface area (Å²) < 4.78 is 0. The van der Waals surface area contributed by atoms with Crippen LogP contribution in [0.2, 0.25) is 0 Å². The van der Waals surface area contributed by atoms with Gasteiger partial charge in [-0.3, -0.25) is 0 Å². The summed E-state index contributed by atoms with van der Waals surface area (Å²) in [6.07, 6.45) is 7.04. The van der Waals surface area contributed by atoms with Gasteiger partial charge < -0.3 is 4.79 Å². The Labute approximate surface area is 66.5 Å². The summed E-state index contributed by atoms with van der Waals surface area (Å²) in [7, 11) is 0. The Bertz CT molecular complexity index is 139. The molecule has 62 valence electrons. The maximum absolute atomic E-state index is 9.87. The molecule has 0 spiro atoms. The number of hydrogen-bond donors (Lipinski definition) is 0. The van der Waals surface area contributed by atoms with Gasteiger partial charge in [0.15, 0.2) is 0 Å². The molecular formula is C8H13NO2. The maximum Gasteiger partial charge on any atom is 0.234 e. The zero-order valence-electron chi connectivity index (χ0n) is 6.58. The van der Waals surface area contributed by atoms with Crippen LogP contribution in [0.4, 0.5) is 0 Å². The van der Waals surface area contributed by atoms with Gasteiger partial charge >= 0.3 is 0 Å². The molecule has 0 unspecified atom stereocenters. The standard InChI is InChI=1S/C8H13NO2/c10-7-5-3-1-2-4-6-9-8-11/h7H,1-6H2. The van der Waals surface area contributed by atoms with Crippen LogP contribution < -0.4 is 0 Å². The fourth-order valence-electron chi connectivity index (χ4n) is 0.818. The predicted octanol–water partition coefficient (Wildman–Crippen LogP) is 1.47. The first kappa shape index (κ1) is 10.0. The van der Waals surface area contributed by atoms with Crippen molar-refractivity contribution in [3.63, 3.8) is 0 Å². The molecule has 0 aromatic carbocycles. The largest absolute Gasteiger partial charge is 0.303 e. The van der Waals surface area contributed by atoms with E-state index in [1.165, 1.54) is 6.08 Å². The minimum atomic E-state index is 0.574. The predicted molar refractivity (Wildman–Crippen MR) is 42.1 cm³/mol. The molecule has 0 rings (SSSR count). The van der Waals surface area contributed by atoms with E-state index in [-0.39, 0.29) is 0 Å². The van der Waals surface area contributed by atoms with Crippen LogP contribution in [0.25, 0.3) is 0 Å². The third-order valence-corrected chi connectivity index (χ3v) is 1.41. The second-order valence-electron chi connectivity index (χ2n) is 2.34. The highest BCUT2D eigenvalue weighted by molar-refractivity contribution is 5.48. The molecule has 0 atom stereocenters. The van der Waals surface area contributed by atoms with E-state index in [4.69, 9.17) is 0 Å². The molecule has 0 fully saturated rings. The van der Waals surface area contributed by atoms with E-state index >= 15 is 0 Å². The van der Waals surface area contributed by atoms with Crippen LogP contribution in [0, 0.1) is 0 Å². The van der Waals surface area contributed by atoms with Crippen molar-refractivity contribution in [1.29, 1.82) is 0 Å². The van der Waals surface area contributed by atoms with Gasteiger partial charge in [-0.25, -0.2) is 9.79 Å². The fourth-order valence-corrected chi connectivity index (χ4v) is 0.818. The van der Waals surface area contributed by atoms with Crippen molar-refractivity contribution in [2.45, 2.75) is 32.1 Å². The Hall–Kier alpha value is -0.950. The summed E-state index contributed by atoms with van der Waals surface area (Å²) in [6, 6.07) is 0. The number of isocyanates is 1. The van der Waals surface area contributed by atoms with Gasteiger partial charge in [-0.2, -0.15) is 0 Å². The highest BCUT2D eigenvalue weighted by Crippen LogP contribution is 2.00. The van der Waals surface area contributed by atoms with Gasteiger partial charge in [0.1, 0.15) is 6.29 Å². The minimum absolute atomic E-state index is 0.574. The molecule has 3 nitrogen and oxygen atoms in total. The summed E-state index contributed by atoms with van der Waals surface area (Å²) >= 11 is 0. The Balaban J connectivity index is 2.90. The maximum atomic E-state index is 9.87. The highest BCUT2D eigenvalue weighted by Gasteiger charge is 1.87. The lowest BCUT2D eigenvalue weighted by Gasteiger charge is -1.93. The van der Waals surface area contributed by atoms with Crippen LogP contribution >= 0.6 is 0 Å². The molecule has 0 amide bonds. The van der Waals surface area contributed by atoms with E-state index in [9.17, 15) is 9.59 Å². The smallest absolute Gasteiger partial charge is 0.234 e. The Morgan fingerprint density at radius 2 is 1.91 bits per heavy atom. The van der Waals surface area contributed by atoms with Gasteiger partial charge in [0, 0.05) is 6.42 Å². The molecule has 0 radical (unpaired) electrons. The zero-order chi connectivity index (χ0) is 8.36. The third kappa shape index (κ3) is 9.05. The first-order valence-electron chi connectivity index (χ1n) is 3.89. The summed E-state index contributed by atoms with van der Waals surface area (Å²) in [5, 5.41) is 0. The fraction of sp³-hybridized carbons (Fsp3) is 0.750. The van der Waals surface area contributed by atoms with Gasteiger partial charge in [0.2, 0.25) is 6.08 Å². The number of aliphatic imine (C=N–C) groups is 1. The molecule has 0 N–H and O–H groups in total. The molecule has 0 bridgehead atoms. The average molecular weight is 155 g/mol. The normalized spacial score (nSPS) is 8.73. The molecule has 0 saturated heterocycles. The van der Waals surface area contributed by atoms with E-state index in [1.54, 1.807) is 0 Å². The summed E-state index contributed by atoms with van der Waals surface area (Å²) in [6.45, 7) is 0.574. The highest BCUT2D eigenvalue weighted by atomic mass is 16.1. The van der Waals surface area contributed by atoms with E-state index in [0.29, 0.717) is 13.0 Å². The van der Waals surface area contributed by atoms with Crippen molar-refractivity contribution in [3.05, 3.63) is 0 Å². The second kappa shape index (κ2) is 9.05. The quantitative estimate of drug-likeness (QED) is 0.242. The molecule has 11 heavy (non-hydrogen) atoms. The SMILES string of the molecule is O=C=NCCCCCCC=O. The van der Waals surface area contributed by atoms with Crippen LogP contribution in [0.5, 0.6) is 0 Å². The van der Waals surface area contributed by atoms with Gasteiger partial charge in [-0.05, 0) is 12.8 Å². The number of aldehydes is 1. The third-order valence-electron chi connectivity index (χ3n) is 1.41. The van der Waals surface area contributed by atoms with Crippen LogP contribution in [-0.2, 0) is 9.59 Å². The van der Waals surface area contributed by atoms with Crippen molar-refractivity contribution in [1.82, 2.24) is 0 Å².